The fraction of sp³-hybridized carbons (Fsp3) is 0.400. The number of rotatable bonds is 4. The first-order valence-electron chi connectivity index (χ1n) is 4.73. The zero-order valence-corrected chi connectivity index (χ0v) is 10.8. The molecule has 0 atom stereocenters. The number of nitrogens with zero attached hydrogens (tertiary/aromatic N) is 2. The molecule has 0 amide bonds. The highest BCUT2D eigenvalue weighted by Gasteiger charge is 2.09. The van der Waals surface area contributed by atoms with Gasteiger partial charge in [0.1, 0.15) is 5.82 Å². The maximum atomic E-state index is 11.0. The average molecular weight is 288 g/mol. The summed E-state index contributed by atoms with van der Waals surface area (Å²) in [6, 6.07) is 1.77. The first kappa shape index (κ1) is 12.8. The third-order valence-corrected chi connectivity index (χ3v) is 2.67. The smallest absolute Gasteiger partial charge is 0.307 e. The molecule has 6 heteroatoms. The van der Waals surface area contributed by atoms with Crippen molar-refractivity contribution in [3.63, 3.8) is 0 Å². The van der Waals surface area contributed by atoms with Gasteiger partial charge in [-0.05, 0) is 22.0 Å². The molecule has 0 spiro atoms. The summed E-state index contributed by atoms with van der Waals surface area (Å²) in [5.74, 6) is 0.511. The summed E-state index contributed by atoms with van der Waals surface area (Å²) >= 11 is 3.37. The van der Waals surface area contributed by atoms with Gasteiger partial charge in [0.2, 0.25) is 0 Å². The standard InChI is InChI=1S/C10H14BrN3O2/c1-14(4-3-9(15)16-2)10-8(11)5-7(12)6-13-10/h5-6H,3-4,12H2,1-2H3. The van der Waals surface area contributed by atoms with E-state index in [2.05, 4.69) is 25.7 Å². The molecule has 0 aliphatic rings. The van der Waals surface area contributed by atoms with E-state index in [1.807, 2.05) is 11.9 Å². The minimum atomic E-state index is -0.238. The zero-order valence-electron chi connectivity index (χ0n) is 9.24. The molecule has 0 fully saturated rings. The van der Waals surface area contributed by atoms with Gasteiger partial charge in [0.05, 0.1) is 29.9 Å². The van der Waals surface area contributed by atoms with E-state index in [0.29, 0.717) is 18.7 Å². The SMILES string of the molecule is COC(=O)CCN(C)c1ncc(N)cc1Br. The van der Waals surface area contributed by atoms with Crippen LogP contribution >= 0.6 is 15.9 Å². The van der Waals surface area contributed by atoms with Crippen LogP contribution in [-0.2, 0) is 9.53 Å². The Morgan fingerprint density at radius 2 is 2.38 bits per heavy atom. The molecular weight excluding hydrogens is 274 g/mol. The predicted octanol–water partition coefficient (Wildman–Crippen LogP) is 1.43. The quantitative estimate of drug-likeness (QED) is 0.849. The number of esters is 1. The van der Waals surface area contributed by atoms with Gasteiger partial charge in [-0.15, -0.1) is 0 Å². The summed E-state index contributed by atoms with van der Waals surface area (Å²) in [5, 5.41) is 0. The van der Waals surface area contributed by atoms with E-state index in [-0.39, 0.29) is 5.97 Å². The van der Waals surface area contributed by atoms with Crippen molar-refractivity contribution in [2.24, 2.45) is 0 Å². The van der Waals surface area contributed by atoms with E-state index in [1.54, 1.807) is 12.3 Å². The fourth-order valence-electron chi connectivity index (χ4n) is 1.19. The van der Waals surface area contributed by atoms with E-state index < -0.39 is 0 Å². The molecule has 2 N–H and O–H groups in total. The number of halogens is 1. The highest BCUT2D eigenvalue weighted by atomic mass is 79.9. The minimum absolute atomic E-state index is 0.238. The predicted molar refractivity (Wildman–Crippen MR) is 66.3 cm³/mol. The second-order valence-corrected chi connectivity index (χ2v) is 4.18. The van der Waals surface area contributed by atoms with E-state index in [0.717, 1.165) is 10.3 Å². The van der Waals surface area contributed by atoms with Crippen LogP contribution in [0.4, 0.5) is 11.5 Å². The molecule has 0 aliphatic carbocycles. The molecule has 0 aliphatic heterocycles. The molecule has 0 saturated carbocycles. The van der Waals surface area contributed by atoms with Crippen LogP contribution in [0.15, 0.2) is 16.7 Å². The van der Waals surface area contributed by atoms with Crippen molar-refractivity contribution in [3.8, 4) is 0 Å². The molecular formula is C10H14BrN3O2. The Kier molecular flexibility index (Phi) is 4.54. The number of hydrogen-bond donors (Lipinski definition) is 1. The average Bonchev–Trinajstić information content (AvgIpc) is 2.25. The summed E-state index contributed by atoms with van der Waals surface area (Å²) in [7, 11) is 3.23. The van der Waals surface area contributed by atoms with Gasteiger partial charge < -0.3 is 15.4 Å². The summed E-state index contributed by atoms with van der Waals surface area (Å²) in [6.45, 7) is 0.544. The lowest BCUT2D eigenvalue weighted by Gasteiger charge is -2.18. The van der Waals surface area contributed by atoms with Crippen molar-refractivity contribution in [1.29, 1.82) is 0 Å². The van der Waals surface area contributed by atoms with E-state index in [1.165, 1.54) is 7.11 Å². The van der Waals surface area contributed by atoms with Crippen LogP contribution in [0, 0.1) is 0 Å². The molecule has 1 heterocycles. The molecule has 0 unspecified atom stereocenters. The van der Waals surface area contributed by atoms with Crippen LogP contribution in [0.25, 0.3) is 0 Å². The van der Waals surface area contributed by atoms with Crippen LogP contribution in [0.3, 0.4) is 0 Å². The van der Waals surface area contributed by atoms with E-state index in [9.17, 15) is 4.79 Å². The molecule has 0 bridgehead atoms. The lowest BCUT2D eigenvalue weighted by Crippen LogP contribution is -2.23. The van der Waals surface area contributed by atoms with Crippen LogP contribution in [0.1, 0.15) is 6.42 Å². The van der Waals surface area contributed by atoms with Crippen LogP contribution in [-0.4, -0.2) is 31.7 Å². The molecule has 1 aromatic rings. The van der Waals surface area contributed by atoms with Crippen molar-refractivity contribution in [3.05, 3.63) is 16.7 Å². The molecule has 0 aromatic carbocycles. The van der Waals surface area contributed by atoms with E-state index >= 15 is 0 Å². The van der Waals surface area contributed by atoms with Crippen molar-refractivity contribution in [2.45, 2.75) is 6.42 Å². The van der Waals surface area contributed by atoms with Crippen molar-refractivity contribution in [1.82, 2.24) is 4.98 Å². The Morgan fingerprint density at radius 1 is 1.69 bits per heavy atom. The first-order valence-corrected chi connectivity index (χ1v) is 5.53. The summed E-state index contributed by atoms with van der Waals surface area (Å²) in [4.78, 5) is 17.0. The highest BCUT2D eigenvalue weighted by Crippen LogP contribution is 2.24. The van der Waals surface area contributed by atoms with Crippen LogP contribution < -0.4 is 10.6 Å². The zero-order chi connectivity index (χ0) is 12.1. The fourth-order valence-corrected chi connectivity index (χ4v) is 1.86. The molecule has 1 rings (SSSR count). The van der Waals surface area contributed by atoms with Crippen LogP contribution in [0.2, 0.25) is 0 Å². The first-order chi connectivity index (χ1) is 7.54. The number of anilines is 2. The van der Waals surface area contributed by atoms with Crippen LogP contribution in [0.5, 0.6) is 0 Å². The van der Waals surface area contributed by atoms with Crippen molar-refractivity contribution >= 4 is 33.4 Å². The van der Waals surface area contributed by atoms with Crippen molar-refractivity contribution < 1.29 is 9.53 Å². The maximum Gasteiger partial charge on any atom is 0.307 e. The molecule has 0 saturated heterocycles. The summed E-state index contributed by atoms with van der Waals surface area (Å²) < 4.78 is 5.37. The Bertz CT molecular complexity index is 384. The van der Waals surface area contributed by atoms with Gasteiger partial charge in [-0.3, -0.25) is 4.79 Å². The minimum Gasteiger partial charge on any atom is -0.469 e. The Labute approximate surface area is 103 Å². The monoisotopic (exact) mass is 287 g/mol. The largest absolute Gasteiger partial charge is 0.469 e. The number of pyridine rings is 1. The van der Waals surface area contributed by atoms with Crippen molar-refractivity contribution in [2.75, 3.05) is 31.3 Å². The topological polar surface area (TPSA) is 68.5 Å². The summed E-state index contributed by atoms with van der Waals surface area (Å²) in [5.41, 5.74) is 6.18. The second-order valence-electron chi connectivity index (χ2n) is 3.32. The number of hydrogen-bond acceptors (Lipinski definition) is 5. The van der Waals surface area contributed by atoms with Gasteiger partial charge in [-0.2, -0.15) is 0 Å². The molecule has 88 valence electrons. The third kappa shape index (κ3) is 3.37. The normalized spacial score (nSPS) is 9.94. The lowest BCUT2D eigenvalue weighted by molar-refractivity contribution is -0.140. The number of nitrogens with two attached hydrogens (primary N) is 1. The molecule has 0 radical (unpaired) electrons. The molecule has 16 heavy (non-hydrogen) atoms. The number of carbonyl (C=O) groups excluding carboxylic acids is 1. The lowest BCUT2D eigenvalue weighted by atomic mass is 10.3. The Balaban J connectivity index is 2.65. The van der Waals surface area contributed by atoms with Gasteiger partial charge in [0.15, 0.2) is 0 Å². The highest BCUT2D eigenvalue weighted by molar-refractivity contribution is 9.10. The van der Waals surface area contributed by atoms with E-state index in [4.69, 9.17) is 5.73 Å². The van der Waals surface area contributed by atoms with Gasteiger partial charge in [-0.25, -0.2) is 4.98 Å². The molecule has 1 aromatic heterocycles. The Hall–Kier alpha value is -1.30. The second kappa shape index (κ2) is 5.69. The number of methoxy groups -OCH3 is 1. The van der Waals surface area contributed by atoms with Gasteiger partial charge in [0.25, 0.3) is 0 Å². The number of carbonyl (C=O) groups is 1. The van der Waals surface area contributed by atoms with Gasteiger partial charge in [0, 0.05) is 13.6 Å². The number of aromatic nitrogens is 1. The van der Waals surface area contributed by atoms with Gasteiger partial charge >= 0.3 is 5.97 Å². The number of nitrogen functional groups attached to an aromatic ring is 1. The van der Waals surface area contributed by atoms with Gasteiger partial charge in [-0.1, -0.05) is 0 Å². The summed E-state index contributed by atoms with van der Waals surface area (Å²) in [6.07, 6.45) is 1.90. The molecule has 5 nitrogen and oxygen atoms in total. The Morgan fingerprint density at radius 3 is 2.94 bits per heavy atom. The number of ether oxygens (including phenoxy) is 1. The third-order valence-electron chi connectivity index (χ3n) is 2.08. The maximum absolute atomic E-state index is 11.0.